The highest BCUT2D eigenvalue weighted by Crippen LogP contribution is 2.33. The Balaban J connectivity index is 2.16. The van der Waals surface area contributed by atoms with Crippen LogP contribution in [0.5, 0.6) is 0 Å². The SMILES string of the molecule is Cc1cc(N2CC(C)(C)C2)ncc1Br. The first kappa shape index (κ1) is 9.97. The van der Waals surface area contributed by atoms with Gasteiger partial charge in [0.2, 0.25) is 0 Å². The molecule has 0 N–H and O–H groups in total. The highest BCUT2D eigenvalue weighted by molar-refractivity contribution is 9.10. The first-order chi connectivity index (χ1) is 6.48. The molecule has 0 bridgehead atoms. The number of halogens is 1. The molecule has 1 saturated heterocycles. The largest absolute Gasteiger partial charge is 0.355 e. The Morgan fingerprint density at radius 3 is 2.57 bits per heavy atom. The van der Waals surface area contributed by atoms with Crippen molar-refractivity contribution < 1.29 is 0 Å². The average Bonchev–Trinajstić information content (AvgIpc) is 2.06. The van der Waals surface area contributed by atoms with Crippen molar-refractivity contribution in [3.8, 4) is 0 Å². The molecular weight excluding hydrogens is 240 g/mol. The van der Waals surface area contributed by atoms with E-state index in [2.05, 4.69) is 52.7 Å². The average molecular weight is 255 g/mol. The zero-order chi connectivity index (χ0) is 10.3. The molecule has 2 nitrogen and oxygen atoms in total. The van der Waals surface area contributed by atoms with E-state index in [9.17, 15) is 0 Å². The Morgan fingerprint density at radius 2 is 2.07 bits per heavy atom. The third kappa shape index (κ3) is 1.78. The minimum absolute atomic E-state index is 0.461. The summed E-state index contributed by atoms with van der Waals surface area (Å²) in [6.45, 7) is 8.90. The van der Waals surface area contributed by atoms with Gasteiger partial charge in [-0.3, -0.25) is 0 Å². The summed E-state index contributed by atoms with van der Waals surface area (Å²) >= 11 is 3.46. The first-order valence-corrected chi connectivity index (χ1v) is 5.64. The fourth-order valence-electron chi connectivity index (χ4n) is 1.85. The summed E-state index contributed by atoms with van der Waals surface area (Å²) in [7, 11) is 0. The summed E-state index contributed by atoms with van der Waals surface area (Å²) in [6, 6.07) is 2.14. The van der Waals surface area contributed by atoms with Crippen LogP contribution < -0.4 is 4.90 Å². The third-order valence-electron chi connectivity index (χ3n) is 2.59. The number of aromatic nitrogens is 1. The molecule has 0 spiro atoms. The van der Waals surface area contributed by atoms with Gasteiger partial charge in [-0.05, 0) is 39.9 Å². The number of nitrogens with zero attached hydrogens (tertiary/aromatic N) is 2. The molecule has 0 aromatic carbocycles. The summed E-state index contributed by atoms with van der Waals surface area (Å²) < 4.78 is 1.08. The van der Waals surface area contributed by atoms with Crippen molar-refractivity contribution in [1.82, 2.24) is 4.98 Å². The minimum Gasteiger partial charge on any atom is -0.355 e. The summed E-state index contributed by atoms with van der Waals surface area (Å²) in [5, 5.41) is 0. The maximum Gasteiger partial charge on any atom is 0.128 e. The summed E-state index contributed by atoms with van der Waals surface area (Å²) in [5.41, 5.74) is 1.71. The molecule has 1 aromatic rings. The van der Waals surface area contributed by atoms with Crippen LogP contribution in [0, 0.1) is 12.3 Å². The van der Waals surface area contributed by atoms with E-state index in [-0.39, 0.29) is 0 Å². The highest BCUT2D eigenvalue weighted by Gasteiger charge is 2.34. The van der Waals surface area contributed by atoms with Crippen molar-refractivity contribution in [2.75, 3.05) is 18.0 Å². The number of pyridine rings is 1. The van der Waals surface area contributed by atoms with E-state index < -0.39 is 0 Å². The van der Waals surface area contributed by atoms with Crippen LogP contribution in [0.1, 0.15) is 19.4 Å². The normalized spacial score (nSPS) is 19.3. The molecule has 14 heavy (non-hydrogen) atoms. The lowest BCUT2D eigenvalue weighted by Gasteiger charge is -2.46. The van der Waals surface area contributed by atoms with Gasteiger partial charge in [-0.1, -0.05) is 13.8 Å². The number of aryl methyl sites for hydroxylation is 1. The molecule has 0 atom stereocenters. The quantitative estimate of drug-likeness (QED) is 0.766. The second kappa shape index (κ2) is 3.23. The van der Waals surface area contributed by atoms with Gasteiger partial charge < -0.3 is 4.90 Å². The van der Waals surface area contributed by atoms with Gasteiger partial charge in [-0.25, -0.2) is 4.98 Å². The fraction of sp³-hybridized carbons (Fsp3) is 0.545. The fourth-order valence-corrected chi connectivity index (χ4v) is 2.06. The maximum absolute atomic E-state index is 4.41. The zero-order valence-electron chi connectivity index (χ0n) is 8.84. The number of hydrogen-bond donors (Lipinski definition) is 0. The zero-order valence-corrected chi connectivity index (χ0v) is 10.4. The maximum atomic E-state index is 4.41. The summed E-state index contributed by atoms with van der Waals surface area (Å²) in [5.74, 6) is 1.10. The third-order valence-corrected chi connectivity index (χ3v) is 3.42. The van der Waals surface area contributed by atoms with Crippen LogP contribution in [0.2, 0.25) is 0 Å². The number of anilines is 1. The Morgan fingerprint density at radius 1 is 1.43 bits per heavy atom. The van der Waals surface area contributed by atoms with E-state index >= 15 is 0 Å². The van der Waals surface area contributed by atoms with Gasteiger partial charge >= 0.3 is 0 Å². The molecule has 0 aliphatic carbocycles. The van der Waals surface area contributed by atoms with Gasteiger partial charge in [0.05, 0.1) is 0 Å². The Kier molecular flexibility index (Phi) is 2.30. The molecule has 2 rings (SSSR count). The van der Waals surface area contributed by atoms with Gasteiger partial charge in [0, 0.05) is 23.8 Å². The van der Waals surface area contributed by atoms with Gasteiger partial charge in [-0.2, -0.15) is 0 Å². The smallest absolute Gasteiger partial charge is 0.128 e. The summed E-state index contributed by atoms with van der Waals surface area (Å²) in [4.78, 5) is 6.72. The standard InChI is InChI=1S/C11H15BrN2/c1-8-4-10(13-5-9(8)12)14-6-11(2,3)7-14/h4-5H,6-7H2,1-3H3. The van der Waals surface area contributed by atoms with E-state index in [4.69, 9.17) is 0 Å². The Labute approximate surface area is 93.5 Å². The van der Waals surface area contributed by atoms with Gasteiger partial charge in [0.15, 0.2) is 0 Å². The minimum atomic E-state index is 0.461. The molecule has 1 aromatic heterocycles. The van der Waals surface area contributed by atoms with E-state index in [1.807, 2.05) is 6.20 Å². The van der Waals surface area contributed by atoms with Gasteiger partial charge in [-0.15, -0.1) is 0 Å². The van der Waals surface area contributed by atoms with Crippen LogP contribution in [0.4, 0.5) is 5.82 Å². The molecule has 1 aliphatic heterocycles. The lowest BCUT2D eigenvalue weighted by atomic mass is 9.84. The predicted molar refractivity (Wildman–Crippen MR) is 62.7 cm³/mol. The molecule has 0 unspecified atom stereocenters. The summed E-state index contributed by atoms with van der Waals surface area (Å²) in [6.07, 6.45) is 1.88. The van der Waals surface area contributed by atoms with Crippen molar-refractivity contribution >= 4 is 21.7 Å². The molecule has 1 fully saturated rings. The van der Waals surface area contributed by atoms with Gasteiger partial charge in [0.1, 0.15) is 5.82 Å². The Bertz CT molecular complexity index is 352. The second-order valence-corrected chi connectivity index (χ2v) is 5.67. The van der Waals surface area contributed by atoms with Crippen LogP contribution >= 0.6 is 15.9 Å². The Hall–Kier alpha value is -0.570. The number of rotatable bonds is 1. The second-order valence-electron chi connectivity index (χ2n) is 4.81. The van der Waals surface area contributed by atoms with Crippen LogP contribution in [0.3, 0.4) is 0 Å². The molecular formula is C11H15BrN2. The van der Waals surface area contributed by atoms with E-state index in [0.29, 0.717) is 5.41 Å². The van der Waals surface area contributed by atoms with Crippen molar-refractivity contribution in [2.24, 2.45) is 5.41 Å². The van der Waals surface area contributed by atoms with Crippen molar-refractivity contribution in [2.45, 2.75) is 20.8 Å². The van der Waals surface area contributed by atoms with Crippen molar-refractivity contribution in [3.63, 3.8) is 0 Å². The van der Waals surface area contributed by atoms with Crippen LogP contribution in [-0.2, 0) is 0 Å². The molecule has 0 saturated carbocycles. The van der Waals surface area contributed by atoms with Crippen molar-refractivity contribution in [3.05, 3.63) is 22.3 Å². The first-order valence-electron chi connectivity index (χ1n) is 4.85. The molecule has 3 heteroatoms. The molecule has 1 aliphatic rings. The molecule has 76 valence electrons. The topological polar surface area (TPSA) is 16.1 Å². The van der Waals surface area contributed by atoms with Crippen LogP contribution in [0.15, 0.2) is 16.7 Å². The van der Waals surface area contributed by atoms with E-state index in [1.54, 1.807) is 0 Å². The molecule has 0 amide bonds. The number of hydrogen-bond acceptors (Lipinski definition) is 2. The highest BCUT2D eigenvalue weighted by atomic mass is 79.9. The lowest BCUT2D eigenvalue weighted by molar-refractivity contribution is 0.274. The molecule has 2 heterocycles. The van der Waals surface area contributed by atoms with Crippen LogP contribution in [-0.4, -0.2) is 18.1 Å². The van der Waals surface area contributed by atoms with E-state index in [0.717, 1.165) is 23.4 Å². The van der Waals surface area contributed by atoms with E-state index in [1.165, 1.54) is 5.56 Å². The monoisotopic (exact) mass is 254 g/mol. The lowest BCUT2D eigenvalue weighted by Crippen LogP contribution is -2.53. The predicted octanol–water partition coefficient (Wildman–Crippen LogP) is 3.00. The van der Waals surface area contributed by atoms with Crippen LogP contribution in [0.25, 0.3) is 0 Å². The molecule has 0 radical (unpaired) electrons. The van der Waals surface area contributed by atoms with Crippen molar-refractivity contribution in [1.29, 1.82) is 0 Å². The van der Waals surface area contributed by atoms with Gasteiger partial charge in [0.25, 0.3) is 0 Å².